The average Bonchev–Trinajstić information content (AvgIpc) is 3.08. The minimum absolute atomic E-state index is 0.0220. The number of aromatic nitrogens is 1. The van der Waals surface area contributed by atoms with Gasteiger partial charge in [0.25, 0.3) is 5.91 Å². The highest BCUT2D eigenvalue weighted by Gasteiger charge is 2.20. The Balaban J connectivity index is 1.53. The summed E-state index contributed by atoms with van der Waals surface area (Å²) in [7, 11) is 1.96. The van der Waals surface area contributed by atoms with Gasteiger partial charge in [-0.25, -0.2) is 0 Å². The third-order valence-corrected chi connectivity index (χ3v) is 5.78. The Bertz CT molecular complexity index is 974. The Morgan fingerprint density at radius 2 is 1.86 bits per heavy atom. The lowest BCUT2D eigenvalue weighted by atomic mass is 10.0. The second kappa shape index (κ2) is 8.80. The Kier molecular flexibility index (Phi) is 5.97. The van der Waals surface area contributed by atoms with E-state index in [1.54, 1.807) is 0 Å². The van der Waals surface area contributed by atoms with Crippen LogP contribution in [0.15, 0.2) is 54.6 Å². The molecule has 3 aromatic rings. The topological polar surface area (TPSA) is 46.5 Å². The van der Waals surface area contributed by atoms with Crippen molar-refractivity contribution in [2.24, 2.45) is 7.05 Å². The van der Waals surface area contributed by atoms with Crippen LogP contribution in [0.5, 0.6) is 0 Å². The van der Waals surface area contributed by atoms with Crippen LogP contribution in [0.2, 0.25) is 0 Å². The summed E-state index contributed by atoms with van der Waals surface area (Å²) in [6, 6.07) is 18.5. The number of rotatable bonds is 6. The number of carbonyl (C=O) groups is 1. The predicted molar refractivity (Wildman–Crippen MR) is 116 cm³/mol. The van der Waals surface area contributed by atoms with Gasteiger partial charge in [-0.3, -0.25) is 9.69 Å². The number of aryl methyl sites for hydroxylation is 2. The standard InChI is InChI=1S/C24H29N3O2/c1-18-8-9-22-20(16-18)17-23(26(22)2)24(28)25-21(19-6-4-3-5-7-19)10-11-27-12-14-29-15-13-27/h3-9,16-17,21H,10-15H2,1-2H3,(H,25,28). The van der Waals surface area contributed by atoms with Crippen molar-refractivity contribution in [3.05, 3.63) is 71.4 Å². The van der Waals surface area contributed by atoms with Crippen LogP contribution in [-0.2, 0) is 11.8 Å². The molecular formula is C24H29N3O2. The van der Waals surface area contributed by atoms with Crippen molar-refractivity contribution < 1.29 is 9.53 Å². The van der Waals surface area contributed by atoms with E-state index in [0.29, 0.717) is 5.69 Å². The average molecular weight is 392 g/mol. The fraction of sp³-hybridized carbons (Fsp3) is 0.375. The summed E-state index contributed by atoms with van der Waals surface area (Å²) >= 11 is 0. The second-order valence-corrected chi connectivity index (χ2v) is 7.83. The van der Waals surface area contributed by atoms with E-state index in [-0.39, 0.29) is 11.9 Å². The molecule has 0 aliphatic carbocycles. The number of nitrogens with one attached hydrogen (secondary N) is 1. The summed E-state index contributed by atoms with van der Waals surface area (Å²) in [5.74, 6) is -0.0304. The minimum atomic E-state index is -0.0304. The monoisotopic (exact) mass is 391 g/mol. The van der Waals surface area contributed by atoms with Gasteiger partial charge in [0.1, 0.15) is 5.69 Å². The number of benzene rings is 2. The highest BCUT2D eigenvalue weighted by Crippen LogP contribution is 2.22. The van der Waals surface area contributed by atoms with Gasteiger partial charge >= 0.3 is 0 Å². The molecule has 29 heavy (non-hydrogen) atoms. The first kappa shape index (κ1) is 19.7. The van der Waals surface area contributed by atoms with Crippen LogP contribution < -0.4 is 5.32 Å². The third kappa shape index (κ3) is 4.52. The SMILES string of the molecule is Cc1ccc2c(c1)cc(C(=O)NC(CCN1CCOCC1)c1ccccc1)n2C. The fourth-order valence-electron chi connectivity index (χ4n) is 4.06. The van der Waals surface area contributed by atoms with Crippen LogP contribution in [0.3, 0.4) is 0 Å². The first-order valence-electron chi connectivity index (χ1n) is 10.3. The van der Waals surface area contributed by atoms with Gasteiger partial charge in [0.05, 0.1) is 19.3 Å². The molecule has 0 saturated carbocycles. The van der Waals surface area contributed by atoms with Gasteiger partial charge in [-0.15, -0.1) is 0 Å². The van der Waals surface area contributed by atoms with E-state index in [1.807, 2.05) is 35.9 Å². The Labute approximate surface area is 172 Å². The zero-order valence-corrected chi connectivity index (χ0v) is 17.2. The van der Waals surface area contributed by atoms with E-state index < -0.39 is 0 Å². The van der Waals surface area contributed by atoms with E-state index in [2.05, 4.69) is 47.5 Å². The lowest BCUT2D eigenvalue weighted by Gasteiger charge is -2.28. The number of carbonyl (C=O) groups excluding carboxylic acids is 1. The smallest absolute Gasteiger partial charge is 0.268 e. The molecule has 1 aliphatic heterocycles. The second-order valence-electron chi connectivity index (χ2n) is 7.83. The maximum Gasteiger partial charge on any atom is 0.268 e. The van der Waals surface area contributed by atoms with Gasteiger partial charge in [-0.2, -0.15) is 0 Å². The molecule has 2 heterocycles. The zero-order chi connectivity index (χ0) is 20.2. The van der Waals surface area contributed by atoms with E-state index in [1.165, 1.54) is 5.56 Å². The summed E-state index contributed by atoms with van der Waals surface area (Å²) in [6.45, 7) is 6.51. The molecule has 1 fully saturated rings. The van der Waals surface area contributed by atoms with Crippen molar-refractivity contribution in [1.29, 1.82) is 0 Å². The molecule has 1 unspecified atom stereocenters. The van der Waals surface area contributed by atoms with Gasteiger partial charge in [0.2, 0.25) is 0 Å². The van der Waals surface area contributed by atoms with E-state index >= 15 is 0 Å². The summed E-state index contributed by atoms with van der Waals surface area (Å²) < 4.78 is 7.43. The quantitative estimate of drug-likeness (QED) is 0.697. The molecule has 1 aliphatic rings. The van der Waals surface area contributed by atoms with Gasteiger partial charge in [-0.1, -0.05) is 42.0 Å². The number of hydrogen-bond acceptors (Lipinski definition) is 3. The normalized spacial score (nSPS) is 16.1. The van der Waals surface area contributed by atoms with Crippen molar-refractivity contribution >= 4 is 16.8 Å². The molecule has 5 nitrogen and oxygen atoms in total. The molecule has 1 atom stereocenters. The van der Waals surface area contributed by atoms with Crippen LogP contribution in [0.4, 0.5) is 0 Å². The van der Waals surface area contributed by atoms with E-state index in [0.717, 1.165) is 55.7 Å². The predicted octanol–water partition coefficient (Wildman–Crippen LogP) is 3.68. The maximum absolute atomic E-state index is 13.2. The minimum Gasteiger partial charge on any atom is -0.379 e. The van der Waals surface area contributed by atoms with Crippen molar-refractivity contribution in [3.63, 3.8) is 0 Å². The maximum atomic E-state index is 13.2. The molecule has 0 bridgehead atoms. The molecule has 1 amide bonds. The van der Waals surface area contributed by atoms with E-state index in [4.69, 9.17) is 4.74 Å². The zero-order valence-electron chi connectivity index (χ0n) is 17.2. The fourth-order valence-corrected chi connectivity index (χ4v) is 4.06. The third-order valence-electron chi connectivity index (χ3n) is 5.78. The largest absolute Gasteiger partial charge is 0.379 e. The highest BCUT2D eigenvalue weighted by molar-refractivity contribution is 5.99. The van der Waals surface area contributed by atoms with E-state index in [9.17, 15) is 4.79 Å². The number of ether oxygens (including phenoxy) is 1. The van der Waals surface area contributed by atoms with Gasteiger partial charge < -0.3 is 14.6 Å². The Morgan fingerprint density at radius 1 is 1.10 bits per heavy atom. The van der Waals surface area contributed by atoms with Crippen molar-refractivity contribution in [1.82, 2.24) is 14.8 Å². The number of amides is 1. The summed E-state index contributed by atoms with van der Waals surface area (Å²) in [4.78, 5) is 15.6. The number of nitrogens with zero attached hydrogens (tertiary/aromatic N) is 2. The van der Waals surface area contributed by atoms with Crippen molar-refractivity contribution in [3.8, 4) is 0 Å². The number of morpholine rings is 1. The molecule has 152 valence electrons. The first-order chi connectivity index (χ1) is 14.1. The van der Waals surface area contributed by atoms with Gasteiger partial charge in [0.15, 0.2) is 0 Å². The molecule has 0 radical (unpaired) electrons. The molecule has 5 heteroatoms. The van der Waals surface area contributed by atoms with Crippen molar-refractivity contribution in [2.45, 2.75) is 19.4 Å². The summed E-state index contributed by atoms with van der Waals surface area (Å²) in [6.07, 6.45) is 0.874. The summed E-state index contributed by atoms with van der Waals surface area (Å²) in [5, 5.41) is 4.39. The molecular weight excluding hydrogens is 362 g/mol. The molecule has 2 aromatic carbocycles. The van der Waals surface area contributed by atoms with Crippen LogP contribution in [-0.4, -0.2) is 48.2 Å². The van der Waals surface area contributed by atoms with Crippen LogP contribution >= 0.6 is 0 Å². The Hall–Kier alpha value is -2.63. The number of fused-ring (bicyclic) bond motifs is 1. The lowest BCUT2D eigenvalue weighted by Crippen LogP contribution is -2.39. The van der Waals surface area contributed by atoms with Crippen LogP contribution in [0.1, 0.15) is 34.1 Å². The van der Waals surface area contributed by atoms with Gasteiger partial charge in [0, 0.05) is 37.6 Å². The highest BCUT2D eigenvalue weighted by atomic mass is 16.5. The van der Waals surface area contributed by atoms with Crippen molar-refractivity contribution in [2.75, 3.05) is 32.8 Å². The molecule has 4 rings (SSSR count). The number of hydrogen-bond donors (Lipinski definition) is 1. The summed E-state index contributed by atoms with van der Waals surface area (Å²) in [5.41, 5.74) is 4.11. The first-order valence-corrected chi connectivity index (χ1v) is 10.3. The molecule has 0 spiro atoms. The van der Waals surface area contributed by atoms with Crippen LogP contribution in [0.25, 0.3) is 10.9 Å². The van der Waals surface area contributed by atoms with Crippen LogP contribution in [0, 0.1) is 6.92 Å². The molecule has 1 N–H and O–H groups in total. The lowest BCUT2D eigenvalue weighted by molar-refractivity contribution is 0.0360. The molecule has 1 saturated heterocycles. The molecule has 1 aromatic heterocycles. The van der Waals surface area contributed by atoms with Gasteiger partial charge in [-0.05, 0) is 37.1 Å². The Morgan fingerprint density at radius 3 is 2.62 bits per heavy atom.